The van der Waals surface area contributed by atoms with Crippen LogP contribution in [-0.2, 0) is 0 Å². The normalized spacial score (nSPS) is 15.8. The quantitative estimate of drug-likeness (QED) is 0.623. The predicted octanol–water partition coefficient (Wildman–Crippen LogP) is 3.44. The summed E-state index contributed by atoms with van der Waals surface area (Å²) in [5.41, 5.74) is 0.800. The van der Waals surface area contributed by atoms with Crippen molar-refractivity contribution in [2.75, 3.05) is 33.8 Å². The largest absolute Gasteiger partial charge is 0.494 e. The monoisotopic (exact) mass is 410 g/mol. The SMILES string of the molecule is CCOc1ccc2c(=O)c3c(oc2c1)C(=O)N(CCN(C)C)C3c1cccc(F)c1. The third-order valence-corrected chi connectivity index (χ3v) is 5.20. The fourth-order valence-corrected chi connectivity index (χ4v) is 3.82. The van der Waals surface area contributed by atoms with Crippen molar-refractivity contribution in [3.63, 3.8) is 0 Å². The van der Waals surface area contributed by atoms with Crippen LogP contribution >= 0.6 is 0 Å². The van der Waals surface area contributed by atoms with Gasteiger partial charge in [0.1, 0.15) is 17.1 Å². The minimum Gasteiger partial charge on any atom is -0.494 e. The van der Waals surface area contributed by atoms with Crippen LogP contribution in [0.25, 0.3) is 11.0 Å². The summed E-state index contributed by atoms with van der Waals surface area (Å²) in [4.78, 5) is 30.2. The Labute approximate surface area is 173 Å². The van der Waals surface area contributed by atoms with E-state index in [0.717, 1.165) is 0 Å². The van der Waals surface area contributed by atoms with Gasteiger partial charge in [0, 0.05) is 19.2 Å². The summed E-state index contributed by atoms with van der Waals surface area (Å²) in [5, 5.41) is 0.362. The van der Waals surface area contributed by atoms with Gasteiger partial charge in [-0.05, 0) is 50.8 Å². The summed E-state index contributed by atoms with van der Waals surface area (Å²) >= 11 is 0. The summed E-state index contributed by atoms with van der Waals surface area (Å²) in [7, 11) is 3.80. The summed E-state index contributed by atoms with van der Waals surface area (Å²) in [6.07, 6.45) is 0. The van der Waals surface area contributed by atoms with E-state index in [1.54, 1.807) is 35.2 Å². The van der Waals surface area contributed by atoms with Crippen molar-refractivity contribution in [3.8, 4) is 5.75 Å². The first-order valence-electron chi connectivity index (χ1n) is 9.85. The molecule has 0 bridgehead atoms. The molecule has 1 amide bonds. The number of hydrogen-bond acceptors (Lipinski definition) is 5. The Morgan fingerprint density at radius 3 is 2.67 bits per heavy atom. The first-order chi connectivity index (χ1) is 14.4. The van der Waals surface area contributed by atoms with Gasteiger partial charge in [0.05, 0.1) is 23.6 Å². The van der Waals surface area contributed by atoms with Crippen LogP contribution in [0.4, 0.5) is 4.39 Å². The Balaban J connectivity index is 1.91. The Bertz CT molecular complexity index is 1170. The van der Waals surface area contributed by atoms with Crippen molar-refractivity contribution in [2.45, 2.75) is 13.0 Å². The lowest BCUT2D eigenvalue weighted by molar-refractivity contribution is 0.0716. The number of ether oxygens (including phenoxy) is 1. The van der Waals surface area contributed by atoms with Gasteiger partial charge in [-0.15, -0.1) is 0 Å². The van der Waals surface area contributed by atoms with Gasteiger partial charge in [0.25, 0.3) is 5.91 Å². The van der Waals surface area contributed by atoms with Gasteiger partial charge < -0.3 is 19.0 Å². The molecule has 30 heavy (non-hydrogen) atoms. The number of fused-ring (bicyclic) bond motifs is 2. The summed E-state index contributed by atoms with van der Waals surface area (Å²) in [6, 6.07) is 10.3. The molecule has 156 valence electrons. The van der Waals surface area contributed by atoms with Gasteiger partial charge in [-0.25, -0.2) is 4.39 Å². The number of likely N-dealkylation sites (N-methyl/N-ethyl adjacent to an activating group) is 1. The highest BCUT2D eigenvalue weighted by molar-refractivity contribution is 5.99. The zero-order chi connectivity index (χ0) is 21.4. The van der Waals surface area contributed by atoms with E-state index in [1.807, 2.05) is 25.9 Å². The average molecular weight is 410 g/mol. The molecule has 1 aliphatic heterocycles. The standard InChI is InChI=1S/C23H23FN2O4/c1-4-29-16-8-9-17-18(13-16)30-22-19(21(17)27)20(14-6-5-7-15(24)12-14)26(23(22)28)11-10-25(2)3/h5-9,12-13,20H,4,10-11H2,1-3H3. The number of amides is 1. The Hall–Kier alpha value is -3.19. The average Bonchev–Trinajstić information content (AvgIpc) is 2.99. The number of rotatable bonds is 6. The second kappa shape index (κ2) is 7.91. The highest BCUT2D eigenvalue weighted by atomic mass is 19.1. The van der Waals surface area contributed by atoms with Crippen LogP contribution < -0.4 is 10.2 Å². The molecule has 0 saturated carbocycles. The van der Waals surface area contributed by atoms with Crippen LogP contribution in [0.1, 0.15) is 34.6 Å². The molecule has 0 spiro atoms. The van der Waals surface area contributed by atoms with E-state index in [4.69, 9.17) is 9.15 Å². The molecule has 4 rings (SSSR count). The van der Waals surface area contributed by atoms with Crippen molar-refractivity contribution in [1.29, 1.82) is 0 Å². The summed E-state index contributed by atoms with van der Waals surface area (Å²) in [6.45, 7) is 3.29. The van der Waals surface area contributed by atoms with Crippen LogP contribution in [0.5, 0.6) is 5.75 Å². The number of carbonyl (C=O) groups is 1. The first-order valence-corrected chi connectivity index (χ1v) is 9.85. The minimum absolute atomic E-state index is 0.00849. The zero-order valence-corrected chi connectivity index (χ0v) is 17.1. The van der Waals surface area contributed by atoms with E-state index in [9.17, 15) is 14.0 Å². The number of halogens is 1. The smallest absolute Gasteiger partial charge is 0.290 e. The highest BCUT2D eigenvalue weighted by Gasteiger charge is 2.42. The van der Waals surface area contributed by atoms with Gasteiger partial charge in [-0.1, -0.05) is 12.1 Å². The number of hydrogen-bond donors (Lipinski definition) is 0. The molecule has 1 aromatic heterocycles. The van der Waals surface area contributed by atoms with Gasteiger partial charge in [0.2, 0.25) is 5.76 Å². The molecular formula is C23H23FN2O4. The number of benzene rings is 2. The molecule has 1 atom stereocenters. The molecule has 2 heterocycles. The number of carbonyl (C=O) groups excluding carboxylic acids is 1. The van der Waals surface area contributed by atoms with E-state index in [0.29, 0.717) is 42.0 Å². The zero-order valence-electron chi connectivity index (χ0n) is 17.1. The molecule has 0 fully saturated rings. The lowest BCUT2D eigenvalue weighted by atomic mass is 9.98. The third-order valence-electron chi connectivity index (χ3n) is 5.20. The molecule has 3 aromatic rings. The van der Waals surface area contributed by atoms with E-state index in [2.05, 4.69) is 0 Å². The van der Waals surface area contributed by atoms with Gasteiger partial charge in [0.15, 0.2) is 5.43 Å². The third kappa shape index (κ3) is 3.45. The molecule has 1 aliphatic rings. The van der Waals surface area contributed by atoms with E-state index < -0.39 is 11.9 Å². The van der Waals surface area contributed by atoms with Gasteiger partial charge in [-0.2, -0.15) is 0 Å². The van der Waals surface area contributed by atoms with E-state index >= 15 is 0 Å². The van der Waals surface area contributed by atoms with Crippen molar-refractivity contribution in [3.05, 3.63) is 75.4 Å². The second-order valence-corrected chi connectivity index (χ2v) is 7.52. The van der Waals surface area contributed by atoms with Crippen LogP contribution in [0, 0.1) is 5.82 Å². The molecule has 0 N–H and O–H groups in total. The molecule has 2 aromatic carbocycles. The summed E-state index contributed by atoms with van der Waals surface area (Å²) < 4.78 is 25.4. The van der Waals surface area contributed by atoms with Crippen molar-refractivity contribution >= 4 is 16.9 Å². The lowest BCUT2D eigenvalue weighted by Gasteiger charge is -2.26. The van der Waals surface area contributed by atoms with Crippen LogP contribution in [0.3, 0.4) is 0 Å². The molecule has 6 nitrogen and oxygen atoms in total. The van der Waals surface area contributed by atoms with Gasteiger partial charge >= 0.3 is 0 Å². The van der Waals surface area contributed by atoms with Crippen LogP contribution in [0.2, 0.25) is 0 Å². The van der Waals surface area contributed by atoms with E-state index in [-0.39, 0.29) is 22.7 Å². The number of nitrogens with zero attached hydrogens (tertiary/aromatic N) is 2. The lowest BCUT2D eigenvalue weighted by Crippen LogP contribution is -2.35. The fourth-order valence-electron chi connectivity index (χ4n) is 3.82. The van der Waals surface area contributed by atoms with Crippen LogP contribution in [0.15, 0.2) is 51.7 Å². The summed E-state index contributed by atoms with van der Waals surface area (Å²) in [5.74, 6) is -0.228. The fraction of sp³-hybridized carbons (Fsp3) is 0.304. The second-order valence-electron chi connectivity index (χ2n) is 7.52. The molecule has 7 heteroatoms. The topological polar surface area (TPSA) is 63.0 Å². The maximum atomic E-state index is 14.0. The first kappa shape index (κ1) is 20.1. The highest BCUT2D eigenvalue weighted by Crippen LogP contribution is 2.38. The maximum Gasteiger partial charge on any atom is 0.290 e. The van der Waals surface area contributed by atoms with Crippen molar-refractivity contribution in [2.24, 2.45) is 0 Å². The Kier molecular flexibility index (Phi) is 5.30. The predicted molar refractivity (Wildman–Crippen MR) is 111 cm³/mol. The van der Waals surface area contributed by atoms with Gasteiger partial charge in [-0.3, -0.25) is 9.59 Å². The molecule has 0 radical (unpaired) electrons. The van der Waals surface area contributed by atoms with Crippen LogP contribution in [-0.4, -0.2) is 49.5 Å². The van der Waals surface area contributed by atoms with E-state index in [1.165, 1.54) is 12.1 Å². The molecule has 1 unspecified atom stereocenters. The minimum atomic E-state index is -0.699. The Morgan fingerprint density at radius 2 is 1.97 bits per heavy atom. The molecule has 0 saturated heterocycles. The van der Waals surface area contributed by atoms with Crippen molar-refractivity contribution in [1.82, 2.24) is 9.80 Å². The maximum absolute atomic E-state index is 14.0. The molecular weight excluding hydrogens is 387 g/mol. The van der Waals surface area contributed by atoms with Crippen molar-refractivity contribution < 1.29 is 18.3 Å². The Morgan fingerprint density at radius 1 is 1.17 bits per heavy atom. The molecule has 0 aliphatic carbocycles.